The second-order valence-corrected chi connectivity index (χ2v) is 7.99. The van der Waals surface area contributed by atoms with Crippen LogP contribution in [0.3, 0.4) is 0 Å². The van der Waals surface area contributed by atoms with Crippen LogP contribution in [0.1, 0.15) is 39.0 Å². The third-order valence-corrected chi connectivity index (χ3v) is 5.60. The number of amides is 2. The lowest BCUT2D eigenvalue weighted by Crippen LogP contribution is -2.26. The summed E-state index contributed by atoms with van der Waals surface area (Å²) in [6.07, 6.45) is 2.29. The van der Waals surface area contributed by atoms with Crippen molar-refractivity contribution in [3.8, 4) is 0 Å². The van der Waals surface area contributed by atoms with E-state index in [9.17, 15) is 14.0 Å². The van der Waals surface area contributed by atoms with Crippen LogP contribution in [0.25, 0.3) is 5.65 Å². The number of nitrogens with one attached hydrogen (secondary N) is 1. The maximum absolute atomic E-state index is 13.1. The molecule has 0 atom stereocenters. The summed E-state index contributed by atoms with van der Waals surface area (Å²) in [5.74, 6) is -0.825. The Kier molecular flexibility index (Phi) is 6.42. The number of halogens is 2. The number of aromatic nitrogens is 2. The number of pyridine rings is 1. The highest BCUT2D eigenvalue weighted by Crippen LogP contribution is 2.19. The van der Waals surface area contributed by atoms with Crippen molar-refractivity contribution in [2.75, 3.05) is 11.9 Å². The van der Waals surface area contributed by atoms with Gasteiger partial charge in [-0.25, -0.2) is 9.37 Å². The molecule has 2 amide bonds. The Labute approximate surface area is 195 Å². The second kappa shape index (κ2) is 9.42. The average Bonchev–Trinajstić information content (AvgIpc) is 3.20. The Morgan fingerprint density at radius 3 is 2.42 bits per heavy atom. The van der Waals surface area contributed by atoms with Gasteiger partial charge in [-0.05, 0) is 60.5 Å². The van der Waals surface area contributed by atoms with Crippen LogP contribution in [0.5, 0.6) is 0 Å². The van der Waals surface area contributed by atoms with Crippen molar-refractivity contribution < 1.29 is 14.0 Å². The van der Waals surface area contributed by atoms with Gasteiger partial charge in [-0.3, -0.25) is 14.0 Å². The molecule has 0 bridgehead atoms. The van der Waals surface area contributed by atoms with E-state index >= 15 is 0 Å². The molecule has 2 heterocycles. The molecule has 4 aromatic rings. The Morgan fingerprint density at radius 1 is 1.06 bits per heavy atom. The molecule has 0 aliphatic heterocycles. The SMILES string of the molecule is CCc1nc2ccc(Cl)cn2c1C(=O)NCc1ccc(C(=O)N(C)c2ccc(F)cc2)cc1. The van der Waals surface area contributed by atoms with Crippen LogP contribution >= 0.6 is 11.6 Å². The maximum atomic E-state index is 13.1. The minimum atomic E-state index is -0.357. The highest BCUT2D eigenvalue weighted by Gasteiger charge is 2.18. The number of fused-ring (bicyclic) bond motifs is 1. The first-order valence-corrected chi connectivity index (χ1v) is 10.8. The lowest BCUT2D eigenvalue weighted by Gasteiger charge is -2.17. The zero-order valence-corrected chi connectivity index (χ0v) is 18.9. The number of benzene rings is 2. The van der Waals surface area contributed by atoms with Gasteiger partial charge in [-0.1, -0.05) is 30.7 Å². The van der Waals surface area contributed by atoms with E-state index in [2.05, 4.69) is 10.3 Å². The molecule has 8 heteroatoms. The maximum Gasteiger partial charge on any atom is 0.270 e. The number of imidazole rings is 1. The molecule has 0 radical (unpaired) electrons. The summed E-state index contributed by atoms with van der Waals surface area (Å²) in [5.41, 5.74) is 3.74. The van der Waals surface area contributed by atoms with Crippen LogP contribution in [0, 0.1) is 5.82 Å². The monoisotopic (exact) mass is 464 g/mol. The van der Waals surface area contributed by atoms with Gasteiger partial charge in [0.1, 0.15) is 17.2 Å². The van der Waals surface area contributed by atoms with Gasteiger partial charge in [-0.15, -0.1) is 0 Å². The first kappa shape index (κ1) is 22.5. The molecule has 1 N–H and O–H groups in total. The fraction of sp³-hybridized carbons (Fsp3) is 0.160. The molecule has 33 heavy (non-hydrogen) atoms. The number of nitrogens with zero attached hydrogens (tertiary/aromatic N) is 3. The standard InChI is InChI=1S/C25H22ClFN4O2/c1-3-21-23(31-15-18(26)8-13-22(31)29-21)24(32)28-14-16-4-6-17(7-5-16)25(33)30(2)20-11-9-19(27)10-12-20/h4-13,15H,3,14H2,1-2H3,(H,28,32). The number of carbonyl (C=O) groups is 2. The average molecular weight is 465 g/mol. The number of aryl methyl sites for hydroxylation is 1. The Hall–Kier alpha value is -3.71. The summed E-state index contributed by atoms with van der Waals surface area (Å²) in [6, 6.07) is 16.2. The van der Waals surface area contributed by atoms with E-state index in [1.807, 2.05) is 6.92 Å². The van der Waals surface area contributed by atoms with Gasteiger partial charge in [0.05, 0.1) is 10.7 Å². The second-order valence-electron chi connectivity index (χ2n) is 7.56. The summed E-state index contributed by atoms with van der Waals surface area (Å²) in [7, 11) is 1.64. The van der Waals surface area contributed by atoms with Gasteiger partial charge in [0.2, 0.25) is 0 Å². The van der Waals surface area contributed by atoms with Gasteiger partial charge in [-0.2, -0.15) is 0 Å². The fourth-order valence-corrected chi connectivity index (χ4v) is 3.72. The van der Waals surface area contributed by atoms with Gasteiger partial charge >= 0.3 is 0 Å². The molecule has 168 valence electrons. The van der Waals surface area contributed by atoms with E-state index in [0.717, 1.165) is 5.56 Å². The third-order valence-electron chi connectivity index (χ3n) is 5.38. The first-order valence-electron chi connectivity index (χ1n) is 10.4. The van der Waals surface area contributed by atoms with Crippen LogP contribution in [-0.2, 0) is 13.0 Å². The molecule has 4 rings (SSSR count). The Morgan fingerprint density at radius 2 is 1.76 bits per heavy atom. The molecule has 0 saturated heterocycles. The van der Waals surface area contributed by atoms with E-state index in [1.54, 1.807) is 66.2 Å². The molecular formula is C25H22ClFN4O2. The van der Waals surface area contributed by atoms with E-state index < -0.39 is 0 Å². The summed E-state index contributed by atoms with van der Waals surface area (Å²) < 4.78 is 14.8. The molecule has 0 saturated carbocycles. The lowest BCUT2D eigenvalue weighted by atomic mass is 10.1. The fourth-order valence-electron chi connectivity index (χ4n) is 3.56. The third kappa shape index (κ3) is 4.73. The van der Waals surface area contributed by atoms with Crippen molar-refractivity contribution in [2.45, 2.75) is 19.9 Å². The normalized spacial score (nSPS) is 10.9. The van der Waals surface area contributed by atoms with Gasteiger partial charge in [0.15, 0.2) is 0 Å². The Bertz CT molecular complexity index is 1320. The van der Waals surface area contributed by atoms with Crippen molar-refractivity contribution in [2.24, 2.45) is 0 Å². The van der Waals surface area contributed by atoms with E-state index in [4.69, 9.17) is 11.6 Å². The minimum Gasteiger partial charge on any atom is -0.347 e. The quantitative estimate of drug-likeness (QED) is 0.441. The highest BCUT2D eigenvalue weighted by atomic mass is 35.5. The molecule has 0 spiro atoms. The number of carbonyl (C=O) groups excluding carboxylic acids is 2. The topological polar surface area (TPSA) is 66.7 Å². The van der Waals surface area contributed by atoms with E-state index in [1.165, 1.54) is 17.0 Å². The number of hydrogen-bond donors (Lipinski definition) is 1. The van der Waals surface area contributed by atoms with Crippen LogP contribution in [0.2, 0.25) is 5.02 Å². The van der Waals surface area contributed by atoms with Crippen LogP contribution in [-0.4, -0.2) is 28.2 Å². The summed E-state index contributed by atoms with van der Waals surface area (Å²) in [4.78, 5) is 31.6. The van der Waals surface area contributed by atoms with Gasteiger partial charge in [0.25, 0.3) is 11.8 Å². The van der Waals surface area contributed by atoms with Crippen LogP contribution in [0.15, 0.2) is 66.9 Å². The molecule has 0 aliphatic rings. The molecule has 2 aromatic heterocycles. The summed E-state index contributed by atoms with van der Waals surface area (Å²) in [6.45, 7) is 2.23. The first-order chi connectivity index (χ1) is 15.9. The van der Waals surface area contributed by atoms with Crippen molar-refractivity contribution >= 4 is 34.7 Å². The molecule has 6 nitrogen and oxygen atoms in total. The number of hydrogen-bond acceptors (Lipinski definition) is 3. The van der Waals surface area contributed by atoms with Crippen molar-refractivity contribution in [3.63, 3.8) is 0 Å². The van der Waals surface area contributed by atoms with Crippen LogP contribution < -0.4 is 10.2 Å². The zero-order chi connectivity index (χ0) is 23.5. The molecular weight excluding hydrogens is 443 g/mol. The smallest absolute Gasteiger partial charge is 0.270 e. The minimum absolute atomic E-state index is 0.215. The lowest BCUT2D eigenvalue weighted by molar-refractivity contribution is 0.0942. The van der Waals surface area contributed by atoms with E-state index in [-0.39, 0.29) is 24.2 Å². The van der Waals surface area contributed by atoms with Gasteiger partial charge in [0, 0.05) is 31.0 Å². The van der Waals surface area contributed by atoms with Crippen LogP contribution in [0.4, 0.5) is 10.1 Å². The molecule has 0 aliphatic carbocycles. The summed E-state index contributed by atoms with van der Waals surface area (Å²) in [5, 5.41) is 3.43. The van der Waals surface area contributed by atoms with Gasteiger partial charge < -0.3 is 10.2 Å². The molecule has 0 fully saturated rings. The Balaban J connectivity index is 1.45. The predicted molar refractivity (Wildman–Crippen MR) is 126 cm³/mol. The highest BCUT2D eigenvalue weighted by molar-refractivity contribution is 6.30. The van der Waals surface area contributed by atoms with E-state index in [0.29, 0.717) is 39.7 Å². The van der Waals surface area contributed by atoms with Crippen molar-refractivity contribution in [3.05, 3.63) is 100 Å². The zero-order valence-electron chi connectivity index (χ0n) is 18.2. The molecule has 0 unspecified atom stereocenters. The molecule has 2 aromatic carbocycles. The predicted octanol–water partition coefficient (Wildman–Crippen LogP) is 4.90. The number of rotatable bonds is 6. The summed E-state index contributed by atoms with van der Waals surface area (Å²) >= 11 is 6.10. The number of anilines is 1. The van der Waals surface area contributed by atoms with Crippen molar-refractivity contribution in [1.82, 2.24) is 14.7 Å². The largest absolute Gasteiger partial charge is 0.347 e. The van der Waals surface area contributed by atoms with Crippen molar-refractivity contribution in [1.29, 1.82) is 0 Å².